The van der Waals surface area contributed by atoms with E-state index in [1.54, 1.807) is 12.3 Å². The van der Waals surface area contributed by atoms with E-state index >= 15 is 0 Å². The lowest BCUT2D eigenvalue weighted by Gasteiger charge is -2.30. The Balaban J connectivity index is 1.57. The van der Waals surface area contributed by atoms with E-state index in [1.165, 1.54) is 11.0 Å². The van der Waals surface area contributed by atoms with Crippen molar-refractivity contribution in [3.63, 3.8) is 0 Å². The molecule has 1 amide bonds. The van der Waals surface area contributed by atoms with Crippen LogP contribution in [0.25, 0.3) is 6.08 Å². The molecule has 3 aromatic rings. The van der Waals surface area contributed by atoms with Crippen LogP contribution in [-0.4, -0.2) is 59.2 Å². The van der Waals surface area contributed by atoms with E-state index in [1.807, 2.05) is 73.7 Å². The van der Waals surface area contributed by atoms with E-state index in [-0.39, 0.29) is 18.9 Å². The van der Waals surface area contributed by atoms with Gasteiger partial charge in [-0.2, -0.15) is 0 Å². The number of morpholine rings is 1. The molecule has 186 valence electrons. The van der Waals surface area contributed by atoms with Crippen LogP contribution in [0.1, 0.15) is 22.4 Å². The third-order valence-electron chi connectivity index (χ3n) is 6.23. The van der Waals surface area contributed by atoms with Gasteiger partial charge < -0.3 is 19.6 Å². The summed E-state index contributed by atoms with van der Waals surface area (Å²) in [4.78, 5) is 33.7. The molecule has 0 aliphatic carbocycles. The standard InChI is InChI=1S/C29H31N3O4/c1-22-7-8-24(20-30-22)11-14-28(33)32(27(29(34)35)19-23-5-3-2-4-6-23)21-25-9-12-26(13-10-25)31-15-17-36-18-16-31/h2-14,20,27H,15-19,21H2,1H3,(H,34,35)/b14-11+/t27-/m0/s1. The maximum Gasteiger partial charge on any atom is 0.326 e. The second-order valence-corrected chi connectivity index (χ2v) is 8.84. The Morgan fingerprint density at radius 2 is 1.75 bits per heavy atom. The van der Waals surface area contributed by atoms with Crippen molar-refractivity contribution in [3.05, 3.63) is 101 Å². The highest BCUT2D eigenvalue weighted by Crippen LogP contribution is 2.20. The van der Waals surface area contributed by atoms with Gasteiger partial charge in [0.15, 0.2) is 0 Å². The number of aliphatic carboxylic acids is 1. The molecule has 36 heavy (non-hydrogen) atoms. The molecule has 0 spiro atoms. The van der Waals surface area contributed by atoms with Crippen molar-refractivity contribution < 1.29 is 19.4 Å². The van der Waals surface area contributed by atoms with Crippen LogP contribution in [0, 0.1) is 6.92 Å². The number of rotatable bonds is 9. The molecule has 1 aliphatic rings. The first kappa shape index (κ1) is 25.1. The molecule has 1 saturated heterocycles. The lowest BCUT2D eigenvalue weighted by molar-refractivity contribution is -0.148. The van der Waals surface area contributed by atoms with Gasteiger partial charge in [-0.25, -0.2) is 4.79 Å². The fraction of sp³-hybridized carbons (Fsp3) is 0.276. The van der Waals surface area contributed by atoms with Gasteiger partial charge in [0, 0.05) is 49.7 Å². The van der Waals surface area contributed by atoms with Gasteiger partial charge in [-0.05, 0) is 47.9 Å². The molecular weight excluding hydrogens is 454 g/mol. The number of benzene rings is 2. The normalized spacial score (nSPS) is 14.5. The van der Waals surface area contributed by atoms with Gasteiger partial charge in [0.2, 0.25) is 5.91 Å². The number of hydrogen-bond acceptors (Lipinski definition) is 5. The van der Waals surface area contributed by atoms with Gasteiger partial charge in [-0.3, -0.25) is 9.78 Å². The molecule has 2 aromatic carbocycles. The Morgan fingerprint density at radius 3 is 2.39 bits per heavy atom. The molecule has 7 nitrogen and oxygen atoms in total. The van der Waals surface area contributed by atoms with Crippen molar-refractivity contribution in [1.82, 2.24) is 9.88 Å². The molecule has 0 saturated carbocycles. The summed E-state index contributed by atoms with van der Waals surface area (Å²) >= 11 is 0. The minimum atomic E-state index is -1.04. The first-order valence-electron chi connectivity index (χ1n) is 12.1. The summed E-state index contributed by atoms with van der Waals surface area (Å²) < 4.78 is 5.43. The van der Waals surface area contributed by atoms with Crippen molar-refractivity contribution in [3.8, 4) is 0 Å². The van der Waals surface area contributed by atoms with Crippen LogP contribution in [0.15, 0.2) is 79.0 Å². The summed E-state index contributed by atoms with van der Waals surface area (Å²) in [7, 11) is 0. The number of pyridine rings is 1. The zero-order valence-electron chi connectivity index (χ0n) is 20.4. The smallest absolute Gasteiger partial charge is 0.326 e. The number of nitrogens with zero attached hydrogens (tertiary/aromatic N) is 3. The van der Waals surface area contributed by atoms with Crippen LogP contribution in [-0.2, 0) is 27.3 Å². The number of aryl methyl sites for hydroxylation is 1. The van der Waals surface area contributed by atoms with Crippen molar-refractivity contribution in [2.75, 3.05) is 31.2 Å². The van der Waals surface area contributed by atoms with Gasteiger partial charge in [-0.1, -0.05) is 48.5 Å². The first-order chi connectivity index (χ1) is 17.5. The zero-order valence-corrected chi connectivity index (χ0v) is 20.4. The van der Waals surface area contributed by atoms with Gasteiger partial charge >= 0.3 is 5.97 Å². The number of hydrogen-bond donors (Lipinski definition) is 1. The third-order valence-corrected chi connectivity index (χ3v) is 6.23. The van der Waals surface area contributed by atoms with Crippen LogP contribution in [0.5, 0.6) is 0 Å². The van der Waals surface area contributed by atoms with Crippen molar-refractivity contribution in [2.24, 2.45) is 0 Å². The Labute approximate surface area is 211 Å². The van der Waals surface area contributed by atoms with Crippen LogP contribution in [0.2, 0.25) is 0 Å². The number of carboxylic acids is 1. The second kappa shape index (κ2) is 12.1. The quantitative estimate of drug-likeness (QED) is 0.462. The van der Waals surface area contributed by atoms with Gasteiger partial charge in [-0.15, -0.1) is 0 Å². The number of amides is 1. The van der Waals surface area contributed by atoms with Crippen LogP contribution in [0.4, 0.5) is 5.69 Å². The highest BCUT2D eigenvalue weighted by Gasteiger charge is 2.29. The number of carbonyl (C=O) groups excluding carboxylic acids is 1. The Kier molecular flexibility index (Phi) is 8.47. The van der Waals surface area contributed by atoms with E-state index in [0.717, 1.165) is 41.2 Å². The Morgan fingerprint density at radius 1 is 1.03 bits per heavy atom. The van der Waals surface area contributed by atoms with Crippen LogP contribution < -0.4 is 4.90 Å². The third kappa shape index (κ3) is 6.79. The highest BCUT2D eigenvalue weighted by molar-refractivity contribution is 5.94. The number of anilines is 1. The summed E-state index contributed by atoms with van der Waals surface area (Å²) in [6.07, 6.45) is 5.00. The Bertz CT molecular complexity index is 1170. The molecule has 1 N–H and O–H groups in total. The fourth-order valence-electron chi connectivity index (χ4n) is 4.18. The molecule has 2 heterocycles. The van der Waals surface area contributed by atoms with E-state index in [0.29, 0.717) is 13.2 Å². The second-order valence-electron chi connectivity index (χ2n) is 8.84. The van der Waals surface area contributed by atoms with Gasteiger partial charge in [0.25, 0.3) is 0 Å². The van der Waals surface area contributed by atoms with E-state index in [2.05, 4.69) is 9.88 Å². The topological polar surface area (TPSA) is 83.0 Å². The molecule has 1 aromatic heterocycles. The summed E-state index contributed by atoms with van der Waals surface area (Å²) in [5, 5.41) is 10.1. The maximum absolute atomic E-state index is 13.4. The molecule has 0 bridgehead atoms. The SMILES string of the molecule is Cc1ccc(/C=C/C(=O)N(Cc2ccc(N3CCOCC3)cc2)[C@@H](Cc2ccccc2)C(=O)O)cn1. The minimum absolute atomic E-state index is 0.183. The van der Waals surface area contributed by atoms with Gasteiger partial charge in [0.05, 0.1) is 13.2 Å². The molecule has 4 rings (SSSR count). The summed E-state index contributed by atoms with van der Waals surface area (Å²) in [5.74, 6) is -1.40. The number of ether oxygens (including phenoxy) is 1. The van der Waals surface area contributed by atoms with Crippen molar-refractivity contribution in [1.29, 1.82) is 0 Å². The summed E-state index contributed by atoms with van der Waals surface area (Å²) in [6, 6.07) is 20.1. The fourth-order valence-corrected chi connectivity index (χ4v) is 4.18. The van der Waals surface area contributed by atoms with Crippen molar-refractivity contribution >= 4 is 23.6 Å². The average molecular weight is 486 g/mol. The van der Waals surface area contributed by atoms with Crippen molar-refractivity contribution in [2.45, 2.75) is 25.9 Å². The zero-order chi connectivity index (χ0) is 25.3. The number of carboxylic acid groups (broad SMARTS) is 1. The first-order valence-corrected chi connectivity index (χ1v) is 12.1. The molecule has 1 fully saturated rings. The molecule has 1 atom stereocenters. The molecular formula is C29H31N3O4. The predicted octanol–water partition coefficient (Wildman–Crippen LogP) is 3.96. The molecule has 0 radical (unpaired) electrons. The number of aromatic nitrogens is 1. The predicted molar refractivity (Wildman–Crippen MR) is 140 cm³/mol. The Hall–Kier alpha value is -3.97. The van der Waals surface area contributed by atoms with Gasteiger partial charge in [0.1, 0.15) is 6.04 Å². The maximum atomic E-state index is 13.4. The lowest BCUT2D eigenvalue weighted by Crippen LogP contribution is -2.45. The number of carbonyl (C=O) groups is 2. The minimum Gasteiger partial charge on any atom is -0.480 e. The van der Waals surface area contributed by atoms with E-state index in [9.17, 15) is 14.7 Å². The van der Waals surface area contributed by atoms with E-state index in [4.69, 9.17) is 4.74 Å². The summed E-state index contributed by atoms with van der Waals surface area (Å²) in [6.45, 7) is 5.15. The lowest BCUT2D eigenvalue weighted by atomic mass is 10.0. The monoisotopic (exact) mass is 485 g/mol. The average Bonchev–Trinajstić information content (AvgIpc) is 2.91. The largest absolute Gasteiger partial charge is 0.480 e. The van der Waals surface area contributed by atoms with Crippen LogP contribution in [0.3, 0.4) is 0 Å². The molecule has 0 unspecified atom stereocenters. The molecule has 1 aliphatic heterocycles. The molecule has 7 heteroatoms. The highest BCUT2D eigenvalue weighted by atomic mass is 16.5. The van der Waals surface area contributed by atoms with Crippen LogP contribution >= 0.6 is 0 Å². The summed E-state index contributed by atoms with van der Waals surface area (Å²) in [5.41, 5.74) is 4.47. The van der Waals surface area contributed by atoms with E-state index < -0.39 is 12.0 Å².